The lowest BCUT2D eigenvalue weighted by Crippen LogP contribution is -2.36. The van der Waals surface area contributed by atoms with E-state index in [4.69, 9.17) is 5.11 Å². The fourth-order valence-electron chi connectivity index (χ4n) is 2.59. The second-order valence-electron chi connectivity index (χ2n) is 5.19. The van der Waals surface area contributed by atoms with Crippen LogP contribution < -0.4 is 0 Å². The third-order valence-electron chi connectivity index (χ3n) is 3.65. The summed E-state index contributed by atoms with van der Waals surface area (Å²) in [5.74, 6) is 5.75. The van der Waals surface area contributed by atoms with E-state index < -0.39 is 0 Å². The minimum atomic E-state index is -0.0714. The van der Waals surface area contributed by atoms with Gasteiger partial charge in [0.05, 0.1) is 0 Å². The lowest BCUT2D eigenvalue weighted by atomic mass is 10.2. The number of hydrogen-bond acceptors (Lipinski definition) is 4. The monoisotopic (exact) mass is 278 g/mol. The summed E-state index contributed by atoms with van der Waals surface area (Å²) in [5.41, 5.74) is 1.06. The fourth-order valence-corrected chi connectivity index (χ4v) is 3.50. The molecule has 1 N–H and O–H groups in total. The van der Waals surface area contributed by atoms with Crippen LogP contribution >= 0.6 is 11.3 Å². The molecule has 19 heavy (non-hydrogen) atoms. The van der Waals surface area contributed by atoms with Crippen LogP contribution in [-0.2, 0) is 6.54 Å². The van der Waals surface area contributed by atoms with E-state index >= 15 is 0 Å². The molecule has 3 nitrogen and oxygen atoms in total. The first kappa shape index (κ1) is 14.5. The molecule has 0 bridgehead atoms. The molecule has 1 atom stereocenters. The summed E-state index contributed by atoms with van der Waals surface area (Å²) >= 11 is 1.75. The number of aliphatic hydroxyl groups excluding tert-OH is 1. The third-order valence-corrected chi connectivity index (χ3v) is 4.56. The van der Waals surface area contributed by atoms with Crippen molar-refractivity contribution in [2.45, 2.75) is 25.4 Å². The third kappa shape index (κ3) is 4.05. The molecule has 2 heterocycles. The maximum absolute atomic E-state index is 8.77. The topological polar surface area (TPSA) is 26.7 Å². The van der Waals surface area contributed by atoms with Gasteiger partial charge >= 0.3 is 0 Å². The average molecular weight is 278 g/mol. The molecule has 1 aliphatic heterocycles. The van der Waals surface area contributed by atoms with Gasteiger partial charge in [-0.2, -0.15) is 0 Å². The molecule has 0 amide bonds. The zero-order chi connectivity index (χ0) is 13.7. The molecule has 0 saturated carbocycles. The van der Waals surface area contributed by atoms with Crippen LogP contribution in [0.5, 0.6) is 0 Å². The number of thiophene rings is 1. The van der Waals surface area contributed by atoms with Crippen LogP contribution in [0.15, 0.2) is 11.4 Å². The Morgan fingerprint density at radius 3 is 3.11 bits per heavy atom. The van der Waals surface area contributed by atoms with Crippen molar-refractivity contribution in [1.82, 2.24) is 9.80 Å². The van der Waals surface area contributed by atoms with E-state index in [-0.39, 0.29) is 6.61 Å². The summed E-state index contributed by atoms with van der Waals surface area (Å²) in [6, 6.07) is 2.73. The molecule has 1 aromatic heterocycles. The Labute approximate surface area is 119 Å². The maximum Gasteiger partial charge on any atom is 0.104 e. The van der Waals surface area contributed by atoms with Gasteiger partial charge in [0.1, 0.15) is 6.61 Å². The van der Waals surface area contributed by atoms with Gasteiger partial charge in [0.25, 0.3) is 0 Å². The summed E-state index contributed by atoms with van der Waals surface area (Å²) in [7, 11) is 4.39. The number of rotatable bonds is 4. The smallest absolute Gasteiger partial charge is 0.104 e. The first-order valence-corrected chi connectivity index (χ1v) is 7.63. The van der Waals surface area contributed by atoms with Crippen LogP contribution in [0.25, 0.3) is 0 Å². The van der Waals surface area contributed by atoms with Crippen molar-refractivity contribution >= 4 is 11.3 Å². The van der Waals surface area contributed by atoms with E-state index in [0.29, 0.717) is 6.04 Å². The van der Waals surface area contributed by atoms with Gasteiger partial charge in [-0.3, -0.25) is 4.90 Å². The summed E-state index contributed by atoms with van der Waals surface area (Å²) in [6.45, 7) is 3.21. The highest BCUT2D eigenvalue weighted by Crippen LogP contribution is 2.20. The Hall–Kier alpha value is -0.860. The fraction of sp³-hybridized carbons (Fsp3) is 0.600. The van der Waals surface area contributed by atoms with Gasteiger partial charge in [0.15, 0.2) is 0 Å². The molecule has 1 aliphatic rings. The first-order chi connectivity index (χ1) is 9.20. The van der Waals surface area contributed by atoms with Gasteiger partial charge in [-0.1, -0.05) is 11.8 Å². The Morgan fingerprint density at radius 1 is 1.58 bits per heavy atom. The maximum atomic E-state index is 8.77. The Balaban J connectivity index is 1.91. The van der Waals surface area contributed by atoms with Gasteiger partial charge in [0, 0.05) is 29.6 Å². The molecule has 1 fully saturated rings. The van der Waals surface area contributed by atoms with Crippen LogP contribution in [0.3, 0.4) is 0 Å². The van der Waals surface area contributed by atoms with Crippen molar-refractivity contribution in [2.24, 2.45) is 0 Å². The zero-order valence-electron chi connectivity index (χ0n) is 11.7. The van der Waals surface area contributed by atoms with Gasteiger partial charge < -0.3 is 10.0 Å². The predicted molar refractivity (Wildman–Crippen MR) is 80.3 cm³/mol. The minimum absolute atomic E-state index is 0.0714. The summed E-state index contributed by atoms with van der Waals surface area (Å²) in [6.07, 6.45) is 2.63. The van der Waals surface area contributed by atoms with Crippen LogP contribution in [-0.4, -0.2) is 54.7 Å². The molecule has 1 unspecified atom stereocenters. The van der Waals surface area contributed by atoms with Gasteiger partial charge in [0.2, 0.25) is 0 Å². The second kappa shape index (κ2) is 7.06. The van der Waals surface area contributed by atoms with Gasteiger partial charge in [-0.25, -0.2) is 0 Å². The molecule has 4 heteroatoms. The van der Waals surface area contributed by atoms with E-state index in [1.54, 1.807) is 11.3 Å². The van der Waals surface area contributed by atoms with Crippen LogP contribution in [0.4, 0.5) is 0 Å². The molecule has 104 valence electrons. The highest BCUT2D eigenvalue weighted by atomic mass is 32.1. The van der Waals surface area contributed by atoms with Gasteiger partial charge in [-0.05, 0) is 44.9 Å². The highest BCUT2D eigenvalue weighted by Gasteiger charge is 2.22. The average Bonchev–Trinajstić information content (AvgIpc) is 2.97. The highest BCUT2D eigenvalue weighted by molar-refractivity contribution is 7.10. The molecule has 0 spiro atoms. The SMILES string of the molecule is CN(Cc1sccc1C#CCO)CC1CCCN1C. The minimum Gasteiger partial charge on any atom is -0.384 e. The molecular formula is C15H22N2OS. The number of likely N-dealkylation sites (N-methyl/N-ethyl adjacent to an activating group) is 2. The van der Waals surface area contributed by atoms with Crippen LogP contribution in [0.1, 0.15) is 23.3 Å². The first-order valence-electron chi connectivity index (χ1n) is 6.75. The second-order valence-corrected chi connectivity index (χ2v) is 6.19. The largest absolute Gasteiger partial charge is 0.384 e. The van der Waals surface area contributed by atoms with Crippen LogP contribution in [0.2, 0.25) is 0 Å². The molecular weight excluding hydrogens is 256 g/mol. The molecule has 2 rings (SSSR count). The van der Waals surface area contributed by atoms with E-state index in [2.05, 4.69) is 41.1 Å². The Kier molecular flexibility index (Phi) is 5.41. The Bertz CT molecular complexity index is 460. The number of likely N-dealkylation sites (tertiary alicyclic amines) is 1. The normalized spacial score (nSPS) is 19.7. The summed E-state index contributed by atoms with van der Waals surface area (Å²) in [5, 5.41) is 10.8. The molecule has 1 saturated heterocycles. The lowest BCUT2D eigenvalue weighted by Gasteiger charge is -2.25. The summed E-state index contributed by atoms with van der Waals surface area (Å²) in [4.78, 5) is 6.13. The predicted octanol–water partition coefficient (Wildman–Crippen LogP) is 1.62. The van der Waals surface area contributed by atoms with E-state index in [1.807, 2.05) is 6.07 Å². The lowest BCUT2D eigenvalue weighted by molar-refractivity contribution is 0.216. The number of hydrogen-bond donors (Lipinski definition) is 1. The standard InChI is InChI=1S/C15H22N2OS/c1-16(11-14-6-3-8-17(14)2)12-15-13(5-4-9-18)7-10-19-15/h7,10,14,18H,3,6,8-9,11-12H2,1-2H3. The molecule has 0 aromatic carbocycles. The summed E-state index contributed by atoms with van der Waals surface area (Å²) < 4.78 is 0. The van der Waals surface area contributed by atoms with Crippen molar-refractivity contribution in [2.75, 3.05) is 33.8 Å². The van der Waals surface area contributed by atoms with E-state index in [0.717, 1.165) is 18.7 Å². The van der Waals surface area contributed by atoms with Crippen molar-refractivity contribution in [1.29, 1.82) is 0 Å². The van der Waals surface area contributed by atoms with E-state index in [1.165, 1.54) is 24.3 Å². The Morgan fingerprint density at radius 2 is 2.42 bits per heavy atom. The molecule has 0 aliphatic carbocycles. The van der Waals surface area contributed by atoms with Gasteiger partial charge in [-0.15, -0.1) is 11.3 Å². The van der Waals surface area contributed by atoms with E-state index in [9.17, 15) is 0 Å². The van der Waals surface area contributed by atoms with Crippen LogP contribution in [0, 0.1) is 11.8 Å². The molecule has 0 radical (unpaired) electrons. The van der Waals surface area contributed by atoms with Crippen molar-refractivity contribution in [3.63, 3.8) is 0 Å². The molecule has 1 aromatic rings. The number of nitrogens with zero attached hydrogens (tertiary/aromatic N) is 2. The van der Waals surface area contributed by atoms with Crippen molar-refractivity contribution < 1.29 is 5.11 Å². The van der Waals surface area contributed by atoms with Crippen molar-refractivity contribution in [3.05, 3.63) is 21.9 Å². The number of aliphatic hydroxyl groups is 1. The quantitative estimate of drug-likeness (QED) is 0.848. The van der Waals surface area contributed by atoms with Crippen molar-refractivity contribution in [3.8, 4) is 11.8 Å². The zero-order valence-corrected chi connectivity index (χ0v) is 12.5.